The molecule has 118 valence electrons. The van der Waals surface area contributed by atoms with Gasteiger partial charge >= 0.3 is 0 Å². The van der Waals surface area contributed by atoms with Gasteiger partial charge in [0.25, 0.3) is 0 Å². The highest BCUT2D eigenvalue weighted by Crippen LogP contribution is 2.25. The summed E-state index contributed by atoms with van der Waals surface area (Å²) in [7, 11) is 0. The van der Waals surface area contributed by atoms with Crippen LogP contribution in [0.5, 0.6) is 0 Å². The second kappa shape index (κ2) is 9.62. The molecule has 20 heavy (non-hydrogen) atoms. The average Bonchev–Trinajstić information content (AvgIpc) is 2.39. The van der Waals surface area contributed by atoms with Crippen molar-refractivity contribution in [3.05, 3.63) is 0 Å². The maximum absolute atomic E-state index is 12.4. The lowest BCUT2D eigenvalue weighted by Crippen LogP contribution is -2.37. The van der Waals surface area contributed by atoms with Crippen LogP contribution in [0.1, 0.15) is 58.3 Å². The Labute approximate surface area is 130 Å². The molecule has 0 aliphatic carbocycles. The minimum absolute atomic E-state index is 0. The van der Waals surface area contributed by atoms with Crippen LogP contribution in [-0.4, -0.2) is 37.0 Å². The fourth-order valence-electron chi connectivity index (χ4n) is 3.48. The summed E-state index contributed by atoms with van der Waals surface area (Å²) in [6.45, 7) is 6.54. The van der Waals surface area contributed by atoms with Gasteiger partial charge in [0, 0.05) is 19.5 Å². The van der Waals surface area contributed by atoms with Crippen LogP contribution in [0.4, 0.5) is 0 Å². The summed E-state index contributed by atoms with van der Waals surface area (Å²) in [5.41, 5.74) is 0. The summed E-state index contributed by atoms with van der Waals surface area (Å²) >= 11 is 0. The summed E-state index contributed by atoms with van der Waals surface area (Å²) in [6.07, 6.45) is 9.61. The van der Waals surface area contributed by atoms with Crippen LogP contribution in [0.25, 0.3) is 0 Å². The van der Waals surface area contributed by atoms with Crippen molar-refractivity contribution < 1.29 is 4.79 Å². The van der Waals surface area contributed by atoms with Crippen LogP contribution in [0.15, 0.2) is 0 Å². The smallest absolute Gasteiger partial charge is 0.222 e. The van der Waals surface area contributed by atoms with Gasteiger partial charge in [-0.3, -0.25) is 4.79 Å². The van der Waals surface area contributed by atoms with E-state index < -0.39 is 0 Å². The first-order chi connectivity index (χ1) is 9.27. The highest BCUT2D eigenvalue weighted by atomic mass is 35.5. The normalized spacial score (nSPS) is 23.4. The lowest BCUT2D eigenvalue weighted by molar-refractivity contribution is -0.132. The summed E-state index contributed by atoms with van der Waals surface area (Å²) < 4.78 is 0. The summed E-state index contributed by atoms with van der Waals surface area (Å²) in [6, 6.07) is 0. The predicted molar refractivity (Wildman–Crippen MR) is 86.3 cm³/mol. The fourth-order valence-corrected chi connectivity index (χ4v) is 3.48. The number of carbonyl (C=O) groups is 1. The van der Waals surface area contributed by atoms with Crippen molar-refractivity contribution in [1.82, 2.24) is 10.2 Å². The number of hydrogen-bond donors (Lipinski definition) is 1. The molecule has 1 amide bonds. The van der Waals surface area contributed by atoms with Crippen LogP contribution in [0.2, 0.25) is 0 Å². The maximum Gasteiger partial charge on any atom is 0.222 e. The van der Waals surface area contributed by atoms with E-state index >= 15 is 0 Å². The largest absolute Gasteiger partial charge is 0.343 e. The Hall–Kier alpha value is -0.280. The standard InChI is InChI=1S/C16H30N2O.ClH/c1-14(15-7-9-17-10-8-15)13-16(19)18-11-5-3-2-4-6-12-18;/h14-15,17H,2-13H2,1H3;1H. The molecule has 0 aromatic rings. The third-order valence-corrected chi connectivity index (χ3v) is 4.89. The van der Waals surface area contributed by atoms with E-state index in [1.165, 1.54) is 44.9 Å². The van der Waals surface area contributed by atoms with Crippen molar-refractivity contribution in [2.24, 2.45) is 11.8 Å². The summed E-state index contributed by atoms with van der Waals surface area (Å²) in [5.74, 6) is 1.72. The third kappa shape index (κ3) is 5.61. The van der Waals surface area contributed by atoms with E-state index in [0.717, 1.165) is 38.5 Å². The predicted octanol–water partition coefficient (Wildman–Crippen LogP) is 3.23. The lowest BCUT2D eigenvalue weighted by atomic mass is 9.84. The number of amides is 1. The first-order valence-corrected chi connectivity index (χ1v) is 8.26. The monoisotopic (exact) mass is 302 g/mol. The van der Waals surface area contributed by atoms with Crippen molar-refractivity contribution >= 4 is 18.3 Å². The number of carbonyl (C=O) groups excluding carboxylic acids is 1. The minimum Gasteiger partial charge on any atom is -0.343 e. The first-order valence-electron chi connectivity index (χ1n) is 8.26. The van der Waals surface area contributed by atoms with Crippen LogP contribution in [-0.2, 0) is 4.79 Å². The number of piperidine rings is 1. The molecule has 2 heterocycles. The number of nitrogens with one attached hydrogen (secondary N) is 1. The van der Waals surface area contributed by atoms with Crippen molar-refractivity contribution in [3.8, 4) is 0 Å². The molecule has 2 aliphatic heterocycles. The SMILES string of the molecule is CC(CC(=O)N1CCCCCCC1)C1CCNCC1.Cl. The van der Waals surface area contributed by atoms with E-state index in [2.05, 4.69) is 17.1 Å². The number of likely N-dealkylation sites (tertiary alicyclic amines) is 1. The number of hydrogen-bond acceptors (Lipinski definition) is 2. The molecule has 2 rings (SSSR count). The molecular weight excluding hydrogens is 272 g/mol. The van der Waals surface area contributed by atoms with Gasteiger partial charge in [0.15, 0.2) is 0 Å². The highest BCUT2D eigenvalue weighted by molar-refractivity contribution is 5.85. The molecule has 0 aromatic heterocycles. The second-order valence-electron chi connectivity index (χ2n) is 6.42. The zero-order valence-electron chi connectivity index (χ0n) is 12.9. The van der Waals surface area contributed by atoms with Gasteiger partial charge in [0.1, 0.15) is 0 Å². The van der Waals surface area contributed by atoms with Crippen LogP contribution in [0, 0.1) is 11.8 Å². The van der Waals surface area contributed by atoms with E-state index in [0.29, 0.717) is 11.8 Å². The van der Waals surface area contributed by atoms with E-state index in [9.17, 15) is 4.79 Å². The van der Waals surface area contributed by atoms with Crippen LogP contribution in [0.3, 0.4) is 0 Å². The zero-order chi connectivity index (χ0) is 13.5. The molecule has 2 aliphatic rings. The molecule has 2 saturated heterocycles. The lowest BCUT2D eigenvalue weighted by Gasteiger charge is -2.30. The average molecular weight is 303 g/mol. The van der Waals surface area contributed by atoms with Gasteiger partial charge < -0.3 is 10.2 Å². The molecule has 0 spiro atoms. The Kier molecular flexibility index (Phi) is 8.55. The molecule has 3 nitrogen and oxygen atoms in total. The van der Waals surface area contributed by atoms with Gasteiger partial charge in [0.05, 0.1) is 0 Å². The summed E-state index contributed by atoms with van der Waals surface area (Å²) in [5, 5.41) is 3.41. The molecule has 0 bridgehead atoms. The Morgan fingerprint density at radius 2 is 1.65 bits per heavy atom. The molecule has 0 aromatic carbocycles. The molecular formula is C16H31ClN2O. The van der Waals surface area contributed by atoms with E-state index in [1.807, 2.05) is 0 Å². The Morgan fingerprint density at radius 3 is 2.25 bits per heavy atom. The fraction of sp³-hybridized carbons (Fsp3) is 0.938. The molecule has 0 saturated carbocycles. The highest BCUT2D eigenvalue weighted by Gasteiger charge is 2.24. The zero-order valence-corrected chi connectivity index (χ0v) is 13.7. The van der Waals surface area contributed by atoms with Gasteiger partial charge in [0.2, 0.25) is 5.91 Å². The molecule has 4 heteroatoms. The van der Waals surface area contributed by atoms with E-state index in [-0.39, 0.29) is 12.4 Å². The van der Waals surface area contributed by atoms with E-state index in [1.54, 1.807) is 0 Å². The van der Waals surface area contributed by atoms with Gasteiger partial charge in [-0.15, -0.1) is 12.4 Å². The van der Waals surface area contributed by atoms with Crippen LogP contribution < -0.4 is 5.32 Å². The van der Waals surface area contributed by atoms with Crippen molar-refractivity contribution in [2.75, 3.05) is 26.2 Å². The Balaban J connectivity index is 0.00000200. The third-order valence-electron chi connectivity index (χ3n) is 4.89. The number of rotatable bonds is 3. The number of nitrogens with zero attached hydrogens (tertiary/aromatic N) is 1. The van der Waals surface area contributed by atoms with Gasteiger partial charge in [-0.25, -0.2) is 0 Å². The maximum atomic E-state index is 12.4. The molecule has 1 atom stereocenters. The topological polar surface area (TPSA) is 32.3 Å². The van der Waals surface area contributed by atoms with E-state index in [4.69, 9.17) is 0 Å². The summed E-state index contributed by atoms with van der Waals surface area (Å²) in [4.78, 5) is 14.6. The van der Waals surface area contributed by atoms with Gasteiger partial charge in [-0.1, -0.05) is 26.2 Å². The van der Waals surface area contributed by atoms with Gasteiger partial charge in [-0.2, -0.15) is 0 Å². The molecule has 1 N–H and O–H groups in total. The molecule has 0 radical (unpaired) electrons. The van der Waals surface area contributed by atoms with Gasteiger partial charge in [-0.05, 0) is 50.6 Å². The second-order valence-corrected chi connectivity index (χ2v) is 6.42. The Bertz CT molecular complexity index is 272. The quantitative estimate of drug-likeness (QED) is 0.868. The van der Waals surface area contributed by atoms with Crippen molar-refractivity contribution in [1.29, 1.82) is 0 Å². The Morgan fingerprint density at radius 1 is 1.10 bits per heavy atom. The molecule has 1 unspecified atom stereocenters. The first kappa shape index (κ1) is 17.8. The van der Waals surface area contributed by atoms with Crippen molar-refractivity contribution in [3.63, 3.8) is 0 Å². The molecule has 2 fully saturated rings. The van der Waals surface area contributed by atoms with Crippen molar-refractivity contribution in [2.45, 2.75) is 58.3 Å². The number of halogens is 1. The minimum atomic E-state index is 0. The van der Waals surface area contributed by atoms with Crippen LogP contribution >= 0.6 is 12.4 Å².